The van der Waals surface area contributed by atoms with Gasteiger partial charge in [-0.25, -0.2) is 0 Å². The first-order valence-corrected chi connectivity index (χ1v) is 12.9. The van der Waals surface area contributed by atoms with E-state index in [1.54, 1.807) is 38.5 Å². The van der Waals surface area contributed by atoms with Gasteiger partial charge in [-0.3, -0.25) is 9.59 Å². The standard InChI is InChI=1S/C29H31NO6S/c1-17(2)21-16-22(18(3)15-23(21)35-5)27(31)25-26(24-7-6-14-37-24)30(29(33)28(25)32)12-13-36-20-10-8-19(34-4)9-11-20/h6-11,14-17,26,31H,12-13H2,1-5H3/b27-25+. The van der Waals surface area contributed by atoms with Gasteiger partial charge in [0.25, 0.3) is 11.7 Å². The van der Waals surface area contributed by atoms with Gasteiger partial charge in [-0.15, -0.1) is 11.3 Å². The number of nitrogens with zero attached hydrogens (tertiary/aromatic N) is 1. The third-order valence-electron chi connectivity index (χ3n) is 6.47. The van der Waals surface area contributed by atoms with Crippen LogP contribution in [0.1, 0.15) is 47.4 Å². The molecular formula is C29H31NO6S. The Morgan fingerprint density at radius 2 is 1.76 bits per heavy atom. The van der Waals surface area contributed by atoms with Crippen molar-refractivity contribution in [2.24, 2.45) is 0 Å². The van der Waals surface area contributed by atoms with E-state index in [2.05, 4.69) is 0 Å². The molecule has 1 unspecified atom stereocenters. The SMILES string of the molecule is COc1ccc(OCCN2C(=O)C(=O)/C(=C(/O)c3cc(C(C)C)c(OC)cc3C)C2c2cccs2)cc1. The van der Waals surface area contributed by atoms with Gasteiger partial charge in [-0.05, 0) is 71.8 Å². The minimum absolute atomic E-state index is 0.0832. The molecule has 4 rings (SSSR count). The van der Waals surface area contributed by atoms with Gasteiger partial charge >= 0.3 is 0 Å². The van der Waals surface area contributed by atoms with Crippen LogP contribution in [0.25, 0.3) is 5.76 Å². The van der Waals surface area contributed by atoms with E-state index in [1.807, 2.05) is 50.4 Å². The van der Waals surface area contributed by atoms with Crippen molar-refractivity contribution in [3.63, 3.8) is 0 Å². The maximum Gasteiger partial charge on any atom is 0.295 e. The van der Waals surface area contributed by atoms with Crippen molar-refractivity contribution in [1.82, 2.24) is 4.90 Å². The van der Waals surface area contributed by atoms with E-state index in [0.717, 1.165) is 21.8 Å². The van der Waals surface area contributed by atoms with Crippen molar-refractivity contribution >= 4 is 28.8 Å². The van der Waals surface area contributed by atoms with Gasteiger partial charge in [0.1, 0.15) is 29.6 Å². The Morgan fingerprint density at radius 3 is 2.35 bits per heavy atom. The lowest BCUT2D eigenvalue weighted by atomic mass is 9.92. The van der Waals surface area contributed by atoms with Gasteiger partial charge in [-0.1, -0.05) is 19.9 Å². The maximum absolute atomic E-state index is 13.3. The summed E-state index contributed by atoms with van der Waals surface area (Å²) in [5, 5.41) is 13.4. The molecule has 1 saturated heterocycles. The van der Waals surface area contributed by atoms with Crippen LogP contribution in [-0.4, -0.2) is 49.1 Å². The Balaban J connectivity index is 1.70. The summed E-state index contributed by atoms with van der Waals surface area (Å²) in [6.45, 7) is 6.27. The zero-order chi connectivity index (χ0) is 26.7. The van der Waals surface area contributed by atoms with Gasteiger partial charge in [0, 0.05) is 10.4 Å². The highest BCUT2D eigenvalue weighted by Gasteiger charge is 2.46. The molecule has 2 heterocycles. The summed E-state index contributed by atoms with van der Waals surface area (Å²) >= 11 is 1.43. The number of benzene rings is 2. The number of ether oxygens (including phenoxy) is 3. The van der Waals surface area contributed by atoms with Crippen LogP contribution in [0.2, 0.25) is 0 Å². The minimum atomic E-state index is -0.707. The smallest absolute Gasteiger partial charge is 0.295 e. The number of hydrogen-bond donors (Lipinski definition) is 1. The molecule has 37 heavy (non-hydrogen) atoms. The van der Waals surface area contributed by atoms with Gasteiger partial charge in [0.05, 0.1) is 32.4 Å². The number of Topliss-reactive ketones (excluding diaryl/α,β-unsaturated/α-hetero) is 1. The van der Waals surface area contributed by atoms with E-state index >= 15 is 0 Å². The lowest BCUT2D eigenvalue weighted by Crippen LogP contribution is -2.33. The number of thiophene rings is 1. The molecule has 8 heteroatoms. The summed E-state index contributed by atoms with van der Waals surface area (Å²) in [6.07, 6.45) is 0. The van der Waals surface area contributed by atoms with E-state index < -0.39 is 17.7 Å². The Labute approximate surface area is 220 Å². The van der Waals surface area contributed by atoms with Crippen LogP contribution >= 0.6 is 11.3 Å². The second-order valence-electron chi connectivity index (χ2n) is 9.10. The van der Waals surface area contributed by atoms with Crippen molar-refractivity contribution in [3.05, 3.63) is 81.1 Å². The number of amides is 1. The number of aryl methyl sites for hydroxylation is 1. The average molecular weight is 522 g/mol. The van der Waals surface area contributed by atoms with E-state index in [1.165, 1.54) is 16.2 Å². The number of carbonyl (C=O) groups excluding carboxylic acids is 2. The summed E-state index contributed by atoms with van der Waals surface area (Å²) in [7, 11) is 3.20. The highest BCUT2D eigenvalue weighted by Crippen LogP contribution is 2.42. The lowest BCUT2D eigenvalue weighted by Gasteiger charge is -2.24. The predicted molar refractivity (Wildman–Crippen MR) is 144 cm³/mol. The van der Waals surface area contributed by atoms with Crippen LogP contribution in [-0.2, 0) is 9.59 Å². The molecule has 1 aromatic heterocycles. The van der Waals surface area contributed by atoms with Crippen molar-refractivity contribution < 1.29 is 28.9 Å². The number of hydrogen-bond acceptors (Lipinski definition) is 7. The molecule has 3 aromatic rings. The maximum atomic E-state index is 13.3. The van der Waals surface area contributed by atoms with Crippen molar-refractivity contribution in [2.45, 2.75) is 32.7 Å². The number of ketones is 1. The van der Waals surface area contributed by atoms with Crippen LogP contribution in [0.4, 0.5) is 0 Å². The minimum Gasteiger partial charge on any atom is -0.507 e. The molecule has 1 atom stereocenters. The summed E-state index contributed by atoms with van der Waals surface area (Å²) in [6, 6.07) is 13.9. The summed E-state index contributed by atoms with van der Waals surface area (Å²) in [5.41, 5.74) is 2.25. The summed E-state index contributed by atoms with van der Waals surface area (Å²) in [4.78, 5) is 28.8. The first-order valence-electron chi connectivity index (χ1n) is 12.0. The average Bonchev–Trinajstić information content (AvgIpc) is 3.51. The molecule has 1 N–H and O–H groups in total. The van der Waals surface area contributed by atoms with Gasteiger partial charge in [0.2, 0.25) is 0 Å². The van der Waals surface area contributed by atoms with E-state index in [0.29, 0.717) is 17.1 Å². The Bertz CT molecular complexity index is 1310. The van der Waals surface area contributed by atoms with Gasteiger partial charge < -0.3 is 24.2 Å². The molecule has 2 aromatic carbocycles. The molecule has 7 nitrogen and oxygen atoms in total. The molecule has 1 aliphatic rings. The first-order chi connectivity index (χ1) is 17.8. The van der Waals surface area contributed by atoms with Crippen LogP contribution in [0.15, 0.2) is 59.5 Å². The number of methoxy groups -OCH3 is 2. The molecule has 0 aliphatic carbocycles. The number of likely N-dealkylation sites (tertiary alicyclic amines) is 1. The fourth-order valence-electron chi connectivity index (χ4n) is 4.51. The summed E-state index contributed by atoms with van der Waals surface area (Å²) in [5.74, 6) is 0.639. The highest BCUT2D eigenvalue weighted by atomic mass is 32.1. The largest absolute Gasteiger partial charge is 0.507 e. The fourth-order valence-corrected chi connectivity index (χ4v) is 5.36. The molecule has 0 spiro atoms. The van der Waals surface area contributed by atoms with Crippen LogP contribution in [0.5, 0.6) is 17.2 Å². The third kappa shape index (κ3) is 5.20. The second kappa shape index (κ2) is 11.1. The molecule has 0 radical (unpaired) electrons. The molecule has 1 aliphatic heterocycles. The Hall–Kier alpha value is -3.78. The van der Waals surface area contributed by atoms with Crippen LogP contribution < -0.4 is 14.2 Å². The van der Waals surface area contributed by atoms with E-state index in [-0.39, 0.29) is 30.4 Å². The van der Waals surface area contributed by atoms with Crippen molar-refractivity contribution in [1.29, 1.82) is 0 Å². The van der Waals surface area contributed by atoms with Crippen molar-refractivity contribution in [2.75, 3.05) is 27.4 Å². The molecular weight excluding hydrogens is 490 g/mol. The topological polar surface area (TPSA) is 85.3 Å². The molecule has 1 amide bonds. The molecule has 194 valence electrons. The first kappa shape index (κ1) is 26.3. The monoisotopic (exact) mass is 521 g/mol. The molecule has 0 bridgehead atoms. The normalized spacial score (nSPS) is 16.9. The van der Waals surface area contributed by atoms with Gasteiger partial charge in [-0.2, -0.15) is 0 Å². The quantitative estimate of drug-likeness (QED) is 0.221. The Morgan fingerprint density at radius 1 is 1.05 bits per heavy atom. The number of aliphatic hydroxyl groups excluding tert-OH is 1. The molecule has 1 fully saturated rings. The number of carbonyl (C=O) groups is 2. The zero-order valence-electron chi connectivity index (χ0n) is 21.6. The van der Waals surface area contributed by atoms with Crippen LogP contribution in [0.3, 0.4) is 0 Å². The predicted octanol–water partition coefficient (Wildman–Crippen LogP) is 5.70. The fraction of sp³-hybridized carbons (Fsp3) is 0.310. The second-order valence-corrected chi connectivity index (χ2v) is 10.1. The Kier molecular flexibility index (Phi) is 7.88. The molecule has 0 saturated carbocycles. The highest BCUT2D eigenvalue weighted by molar-refractivity contribution is 7.10. The van der Waals surface area contributed by atoms with Gasteiger partial charge in [0.15, 0.2) is 0 Å². The zero-order valence-corrected chi connectivity index (χ0v) is 22.4. The lowest BCUT2D eigenvalue weighted by molar-refractivity contribution is -0.140. The number of rotatable bonds is 9. The third-order valence-corrected chi connectivity index (χ3v) is 7.39. The van der Waals surface area contributed by atoms with E-state index in [4.69, 9.17) is 14.2 Å². The van der Waals surface area contributed by atoms with Crippen molar-refractivity contribution in [3.8, 4) is 17.2 Å². The van der Waals surface area contributed by atoms with E-state index in [9.17, 15) is 14.7 Å². The number of aliphatic hydroxyl groups is 1. The van der Waals surface area contributed by atoms with Crippen LogP contribution in [0, 0.1) is 6.92 Å². The summed E-state index contributed by atoms with van der Waals surface area (Å²) < 4.78 is 16.5.